The van der Waals surface area contributed by atoms with E-state index in [1.807, 2.05) is 0 Å². The van der Waals surface area contributed by atoms with Gasteiger partial charge in [-0.3, -0.25) is 4.55 Å². The summed E-state index contributed by atoms with van der Waals surface area (Å²) in [5.74, 6) is 0. The van der Waals surface area contributed by atoms with Gasteiger partial charge in [0.05, 0.1) is 6.61 Å². The summed E-state index contributed by atoms with van der Waals surface area (Å²) in [6.07, 6.45) is -5.88. The van der Waals surface area contributed by atoms with Crippen molar-refractivity contribution < 1.29 is 42.5 Å². The van der Waals surface area contributed by atoms with Crippen LogP contribution in [0.15, 0.2) is 0 Å². The van der Waals surface area contributed by atoms with Gasteiger partial charge in [-0.1, -0.05) is 0 Å². The zero-order valence-corrected chi connectivity index (χ0v) is 7.96. The van der Waals surface area contributed by atoms with Crippen LogP contribution in [0.4, 0.5) is 4.53 Å². The number of aliphatic hydroxyl groups is 3. The topological polar surface area (TPSA) is 134 Å². The van der Waals surface area contributed by atoms with E-state index < -0.39 is 40.2 Å². The second-order valence-corrected chi connectivity index (χ2v) is 4.45. The Morgan fingerprint density at radius 1 is 1.47 bits per heavy atom. The summed E-state index contributed by atoms with van der Waals surface area (Å²) in [6, 6.07) is 0. The molecule has 1 aliphatic rings. The van der Waals surface area contributed by atoms with E-state index in [1.54, 1.807) is 0 Å². The van der Waals surface area contributed by atoms with Crippen molar-refractivity contribution in [2.24, 2.45) is 0 Å². The Balaban J connectivity index is 3.14. The minimum absolute atomic E-state index is 0.890. The number of rotatable bonds is 3. The average molecular weight is 248 g/mol. The summed E-state index contributed by atoms with van der Waals surface area (Å²) in [5, 5.41) is 23.5. The lowest BCUT2D eigenvalue weighted by molar-refractivity contribution is -0.316. The smallest absolute Gasteiger partial charge is 0.363 e. The van der Waals surface area contributed by atoms with Crippen LogP contribution in [-0.4, -0.2) is 58.3 Å². The fraction of sp³-hybridized carbons (Fsp3) is 1.00. The number of aliphatic hydroxyl groups excluding tert-OH is 3. The molecular formula is C5H9FO8S. The van der Waals surface area contributed by atoms with E-state index in [9.17, 15) is 12.9 Å². The molecule has 1 aliphatic heterocycles. The Labute approximate surface area is 83.5 Å². The maximum absolute atomic E-state index is 12.1. The predicted molar refractivity (Wildman–Crippen MR) is 40.4 cm³/mol. The van der Waals surface area contributed by atoms with E-state index in [0.717, 1.165) is 0 Å². The highest BCUT2D eigenvalue weighted by molar-refractivity contribution is 7.87. The molecule has 8 nitrogen and oxygen atoms in total. The maximum Gasteiger partial charge on any atom is 0.363 e. The minimum atomic E-state index is -5.28. The summed E-state index contributed by atoms with van der Waals surface area (Å²) < 4.78 is 46.3. The van der Waals surface area contributed by atoms with Crippen molar-refractivity contribution in [2.75, 3.05) is 6.61 Å². The highest BCUT2D eigenvalue weighted by Gasteiger charge is 2.65. The molecule has 4 atom stereocenters. The van der Waals surface area contributed by atoms with E-state index in [0.29, 0.717) is 0 Å². The van der Waals surface area contributed by atoms with Crippen LogP contribution >= 0.6 is 0 Å². The lowest BCUT2D eigenvalue weighted by Crippen LogP contribution is -2.50. The first kappa shape index (κ1) is 12.7. The molecule has 0 amide bonds. The van der Waals surface area contributed by atoms with Gasteiger partial charge in [0.15, 0.2) is 6.10 Å². The van der Waals surface area contributed by atoms with Crippen LogP contribution in [0.3, 0.4) is 0 Å². The third-order valence-corrected chi connectivity index (χ3v) is 3.15. The maximum atomic E-state index is 12.1. The molecule has 4 N–H and O–H groups in total. The second kappa shape index (κ2) is 3.90. The van der Waals surface area contributed by atoms with Crippen molar-refractivity contribution in [1.29, 1.82) is 0 Å². The molecule has 0 aromatic rings. The summed E-state index contributed by atoms with van der Waals surface area (Å²) in [5.41, 5.74) is 0. The Bertz CT molecular complexity index is 330. The zero-order valence-electron chi connectivity index (χ0n) is 7.15. The Morgan fingerprint density at radius 3 is 2.20 bits per heavy atom. The van der Waals surface area contributed by atoms with Crippen LogP contribution in [0, 0.1) is 0 Å². The molecule has 90 valence electrons. The predicted octanol–water partition coefficient (Wildman–Crippen LogP) is -2.46. The lowest BCUT2D eigenvalue weighted by Gasteiger charge is -2.22. The molecular weight excluding hydrogens is 239 g/mol. The standard InChI is InChI=1S/C5H9FO8S/c6-14-5(15(10,11)12)4(9)3(8)2(1-7)13-5/h2-4,7-9H,1H2,(H,10,11,12)/t2-,3-,4-,5?/m1/s1. The third kappa shape index (κ3) is 1.73. The van der Waals surface area contributed by atoms with Crippen molar-refractivity contribution in [1.82, 2.24) is 0 Å². The first-order valence-corrected chi connectivity index (χ1v) is 5.15. The first-order valence-electron chi connectivity index (χ1n) is 3.71. The number of ether oxygens (including phenoxy) is 1. The first-order chi connectivity index (χ1) is 6.80. The second-order valence-electron chi connectivity index (χ2n) is 2.93. The third-order valence-electron chi connectivity index (χ3n) is 2.03. The van der Waals surface area contributed by atoms with Gasteiger partial charge in [0, 0.05) is 0 Å². The van der Waals surface area contributed by atoms with Crippen LogP contribution in [0.2, 0.25) is 0 Å². The molecule has 0 saturated carbocycles. The number of hydrogen-bond acceptors (Lipinski definition) is 7. The van der Waals surface area contributed by atoms with Crippen LogP contribution < -0.4 is 0 Å². The highest BCUT2D eigenvalue weighted by Crippen LogP contribution is 2.36. The molecule has 15 heavy (non-hydrogen) atoms. The van der Waals surface area contributed by atoms with Crippen LogP contribution in [-0.2, 0) is 19.8 Å². The molecule has 0 aromatic heterocycles. The molecule has 0 spiro atoms. The summed E-state index contributed by atoms with van der Waals surface area (Å²) in [4.78, 5) is 2.90. The SMILES string of the molecule is O=S(=O)(O)C1(OF)O[C@H](CO)[C@@H](O)[C@H]1O. The monoisotopic (exact) mass is 248 g/mol. The normalized spacial score (nSPS) is 42.1. The fourth-order valence-electron chi connectivity index (χ4n) is 1.23. The van der Waals surface area contributed by atoms with E-state index in [1.165, 1.54) is 0 Å². The van der Waals surface area contributed by atoms with Gasteiger partial charge < -0.3 is 20.1 Å². The molecule has 1 heterocycles. The van der Waals surface area contributed by atoms with E-state index in [2.05, 4.69) is 9.68 Å². The summed E-state index contributed by atoms with van der Waals surface area (Å²) >= 11 is 0. The molecule has 1 rings (SSSR count). The molecule has 1 saturated heterocycles. The number of halogens is 1. The molecule has 1 unspecified atom stereocenters. The van der Waals surface area contributed by atoms with E-state index in [4.69, 9.17) is 19.9 Å². The number of hydrogen-bond donors (Lipinski definition) is 4. The van der Waals surface area contributed by atoms with Crippen molar-refractivity contribution in [2.45, 2.75) is 23.4 Å². The molecule has 1 fully saturated rings. The Morgan fingerprint density at radius 2 is 2.00 bits per heavy atom. The quantitative estimate of drug-likeness (QED) is 0.404. The van der Waals surface area contributed by atoms with Gasteiger partial charge in [-0.2, -0.15) is 8.42 Å². The average Bonchev–Trinajstić information content (AvgIpc) is 2.40. The van der Waals surface area contributed by atoms with Gasteiger partial charge in [-0.15, -0.1) is 4.94 Å². The molecule has 0 aromatic carbocycles. The summed E-state index contributed by atoms with van der Waals surface area (Å²) in [6.45, 7) is -0.890. The highest BCUT2D eigenvalue weighted by atomic mass is 32.2. The Hall–Kier alpha value is -0.360. The van der Waals surface area contributed by atoms with Crippen LogP contribution in [0.25, 0.3) is 0 Å². The lowest BCUT2D eigenvalue weighted by atomic mass is 10.1. The molecule has 10 heteroatoms. The fourth-order valence-corrected chi connectivity index (χ4v) is 1.99. The van der Waals surface area contributed by atoms with Gasteiger partial charge >= 0.3 is 15.2 Å². The van der Waals surface area contributed by atoms with Gasteiger partial charge in [0.2, 0.25) is 0 Å². The van der Waals surface area contributed by atoms with Gasteiger partial charge in [0.25, 0.3) is 0 Å². The van der Waals surface area contributed by atoms with Crippen molar-refractivity contribution >= 4 is 10.1 Å². The minimum Gasteiger partial charge on any atom is -0.394 e. The summed E-state index contributed by atoms with van der Waals surface area (Å²) in [7, 11) is -5.28. The van der Waals surface area contributed by atoms with Crippen molar-refractivity contribution in [3.8, 4) is 0 Å². The van der Waals surface area contributed by atoms with Crippen molar-refractivity contribution in [3.05, 3.63) is 0 Å². The largest absolute Gasteiger partial charge is 0.394 e. The van der Waals surface area contributed by atoms with Gasteiger partial charge in [0.1, 0.15) is 12.2 Å². The van der Waals surface area contributed by atoms with E-state index in [-0.39, 0.29) is 0 Å². The van der Waals surface area contributed by atoms with Crippen LogP contribution in [0.5, 0.6) is 0 Å². The molecule has 0 bridgehead atoms. The molecule has 0 aliphatic carbocycles. The zero-order chi connectivity index (χ0) is 11.9. The van der Waals surface area contributed by atoms with Gasteiger partial charge in [-0.25, -0.2) is 0 Å². The van der Waals surface area contributed by atoms with Crippen LogP contribution in [0.1, 0.15) is 0 Å². The van der Waals surface area contributed by atoms with Gasteiger partial charge in [-0.05, 0) is 4.53 Å². The molecule has 0 radical (unpaired) electrons. The van der Waals surface area contributed by atoms with Crippen molar-refractivity contribution in [3.63, 3.8) is 0 Å². The Kier molecular flexibility index (Phi) is 3.30. The van der Waals surface area contributed by atoms with E-state index >= 15 is 0 Å².